The molecule has 0 amide bonds. The summed E-state index contributed by atoms with van der Waals surface area (Å²) in [5.41, 5.74) is 2.59. The van der Waals surface area contributed by atoms with Crippen LogP contribution in [-0.4, -0.2) is 9.97 Å². The number of halogens is 3. The Kier molecular flexibility index (Phi) is 7.72. The fourth-order valence-corrected chi connectivity index (χ4v) is 3.42. The third-order valence-corrected chi connectivity index (χ3v) is 5.02. The molecule has 0 fully saturated rings. The zero-order valence-corrected chi connectivity index (χ0v) is 18.6. The van der Waals surface area contributed by atoms with Gasteiger partial charge in [-0.1, -0.05) is 57.5 Å². The Labute approximate surface area is 187 Å². The lowest BCUT2D eigenvalue weighted by molar-refractivity contribution is -0.137. The number of benzene rings is 2. The molecule has 1 aromatic heterocycles. The van der Waals surface area contributed by atoms with Crippen LogP contribution in [0.5, 0.6) is 0 Å². The Balaban J connectivity index is 1.88. The number of para-hydroxylation sites is 1. The number of unbranched alkanes of at least 4 members (excludes halogenated alkanes) is 1. The fourth-order valence-electron chi connectivity index (χ4n) is 3.42. The van der Waals surface area contributed by atoms with Crippen LogP contribution in [0.4, 0.5) is 36.3 Å². The molecule has 0 aliphatic heterocycles. The minimum atomic E-state index is -4.57. The van der Waals surface area contributed by atoms with Gasteiger partial charge in [0.05, 0.1) is 0 Å². The van der Waals surface area contributed by atoms with E-state index in [9.17, 15) is 13.2 Å². The van der Waals surface area contributed by atoms with Gasteiger partial charge >= 0.3 is 6.18 Å². The van der Waals surface area contributed by atoms with E-state index in [1.165, 1.54) is 5.56 Å². The summed E-state index contributed by atoms with van der Waals surface area (Å²) < 4.78 is 40.9. The van der Waals surface area contributed by atoms with Crippen molar-refractivity contribution in [2.75, 3.05) is 10.6 Å². The number of nitrogens with one attached hydrogen (secondary N) is 2. The molecule has 0 atom stereocenters. The maximum atomic E-state index is 13.6. The summed E-state index contributed by atoms with van der Waals surface area (Å²) in [4.78, 5) is 8.07. The number of aryl methyl sites for hydroxylation is 1. The Morgan fingerprint density at radius 3 is 2.34 bits per heavy atom. The second-order valence-corrected chi connectivity index (χ2v) is 8.26. The molecule has 170 valence electrons. The van der Waals surface area contributed by atoms with Gasteiger partial charge < -0.3 is 10.6 Å². The Morgan fingerprint density at radius 2 is 1.69 bits per heavy atom. The maximum Gasteiger partial charge on any atom is 0.421 e. The van der Waals surface area contributed by atoms with Gasteiger partial charge in [0.25, 0.3) is 0 Å². The van der Waals surface area contributed by atoms with E-state index in [0.29, 0.717) is 17.3 Å². The minimum absolute atomic E-state index is 0.100. The number of anilines is 4. The number of alkyl halides is 3. The van der Waals surface area contributed by atoms with Gasteiger partial charge in [0.1, 0.15) is 11.4 Å². The van der Waals surface area contributed by atoms with Crippen LogP contribution in [0, 0.1) is 5.92 Å². The molecule has 1 heterocycles. The summed E-state index contributed by atoms with van der Waals surface area (Å²) in [6.07, 6.45) is -0.0619. The van der Waals surface area contributed by atoms with Crippen LogP contribution in [0.15, 0.2) is 54.7 Å². The van der Waals surface area contributed by atoms with Crippen LogP contribution in [0.2, 0.25) is 0 Å². The summed E-state index contributed by atoms with van der Waals surface area (Å²) in [6, 6.07) is 15.1. The number of rotatable bonds is 9. The first-order valence-electron chi connectivity index (χ1n) is 10.9. The second-order valence-electron chi connectivity index (χ2n) is 8.26. The molecule has 2 aromatic carbocycles. The van der Waals surface area contributed by atoms with Crippen LogP contribution in [0.25, 0.3) is 0 Å². The molecule has 2 N–H and O–H groups in total. The highest BCUT2D eigenvalue weighted by molar-refractivity contribution is 5.65. The van der Waals surface area contributed by atoms with Crippen molar-refractivity contribution in [1.82, 2.24) is 9.97 Å². The van der Waals surface area contributed by atoms with Gasteiger partial charge in [-0.15, -0.1) is 0 Å². The van der Waals surface area contributed by atoms with Crippen molar-refractivity contribution in [2.24, 2.45) is 5.92 Å². The molecular weight excluding hydrogens is 413 g/mol. The predicted octanol–water partition coefficient (Wildman–Crippen LogP) is 7.52. The smallest absolute Gasteiger partial charge is 0.339 e. The average molecular weight is 443 g/mol. The molecule has 0 saturated heterocycles. The maximum absolute atomic E-state index is 13.6. The quantitative estimate of drug-likeness (QED) is 0.360. The van der Waals surface area contributed by atoms with Crippen LogP contribution >= 0.6 is 0 Å². The first kappa shape index (κ1) is 23.6. The van der Waals surface area contributed by atoms with E-state index in [4.69, 9.17) is 0 Å². The molecule has 0 unspecified atom stereocenters. The first-order valence-corrected chi connectivity index (χ1v) is 10.9. The number of hydrogen-bond donors (Lipinski definition) is 2. The van der Waals surface area contributed by atoms with Crippen LogP contribution in [-0.2, 0) is 19.0 Å². The highest BCUT2D eigenvalue weighted by Gasteiger charge is 2.35. The van der Waals surface area contributed by atoms with Crippen molar-refractivity contribution >= 4 is 23.1 Å². The summed E-state index contributed by atoms with van der Waals surface area (Å²) in [7, 11) is 0. The molecule has 32 heavy (non-hydrogen) atoms. The van der Waals surface area contributed by atoms with Gasteiger partial charge in [0.2, 0.25) is 5.95 Å². The largest absolute Gasteiger partial charge is 0.421 e. The van der Waals surface area contributed by atoms with E-state index < -0.39 is 11.7 Å². The normalized spacial score (nSPS) is 11.6. The van der Waals surface area contributed by atoms with Crippen LogP contribution < -0.4 is 10.6 Å². The molecule has 0 bridgehead atoms. The highest BCUT2D eigenvalue weighted by atomic mass is 19.4. The Morgan fingerprint density at radius 1 is 0.969 bits per heavy atom. The van der Waals surface area contributed by atoms with E-state index in [2.05, 4.69) is 41.4 Å². The number of aromatic nitrogens is 2. The van der Waals surface area contributed by atoms with Gasteiger partial charge in [-0.25, -0.2) is 4.98 Å². The van der Waals surface area contributed by atoms with Gasteiger partial charge in [-0.05, 0) is 54.5 Å². The molecular formula is C25H29F3N4. The monoisotopic (exact) mass is 442 g/mol. The third kappa shape index (κ3) is 6.45. The fraction of sp³-hybridized carbons (Fsp3) is 0.360. The number of nitrogens with zero attached hydrogens (tertiary/aromatic N) is 2. The zero-order valence-electron chi connectivity index (χ0n) is 18.6. The molecule has 4 nitrogen and oxygen atoms in total. The zero-order chi connectivity index (χ0) is 23.1. The van der Waals surface area contributed by atoms with Crippen molar-refractivity contribution < 1.29 is 13.2 Å². The van der Waals surface area contributed by atoms with Gasteiger partial charge in [0.15, 0.2) is 0 Å². The average Bonchev–Trinajstić information content (AvgIpc) is 2.73. The van der Waals surface area contributed by atoms with Crippen molar-refractivity contribution in [2.45, 2.75) is 52.6 Å². The standard InChI is InChI=1S/C25H29F3N4/c1-4-5-8-19-9-6-7-10-22(19)31-23-21(25(26,27)28)16-29-24(32-23)30-20-13-11-18(12-14-20)15-17(2)3/h6-7,9-14,16-17H,4-5,8,15H2,1-3H3,(H2,29,30,31,32). The van der Waals surface area contributed by atoms with Crippen LogP contribution in [0.1, 0.15) is 50.3 Å². The molecule has 0 radical (unpaired) electrons. The van der Waals surface area contributed by atoms with Crippen LogP contribution in [0.3, 0.4) is 0 Å². The Bertz CT molecular complexity index is 1010. The molecule has 0 aliphatic rings. The van der Waals surface area contributed by atoms with E-state index in [-0.39, 0.29) is 11.8 Å². The SMILES string of the molecule is CCCCc1ccccc1Nc1nc(Nc2ccc(CC(C)C)cc2)ncc1C(F)(F)F. The second kappa shape index (κ2) is 10.5. The number of hydrogen-bond acceptors (Lipinski definition) is 4. The molecule has 0 saturated carbocycles. The molecule has 0 spiro atoms. The topological polar surface area (TPSA) is 49.8 Å². The molecule has 3 rings (SSSR count). The third-order valence-electron chi connectivity index (χ3n) is 5.02. The van der Waals surface area contributed by atoms with Gasteiger partial charge in [-0.3, -0.25) is 0 Å². The van der Waals surface area contributed by atoms with E-state index in [1.807, 2.05) is 36.4 Å². The lowest BCUT2D eigenvalue weighted by Gasteiger charge is -2.17. The molecule has 0 aliphatic carbocycles. The minimum Gasteiger partial charge on any atom is -0.339 e. The van der Waals surface area contributed by atoms with E-state index in [0.717, 1.165) is 37.4 Å². The predicted molar refractivity (Wildman–Crippen MR) is 124 cm³/mol. The van der Waals surface area contributed by atoms with E-state index >= 15 is 0 Å². The summed E-state index contributed by atoms with van der Waals surface area (Å²) in [5.74, 6) is 0.374. The van der Waals surface area contributed by atoms with Crippen molar-refractivity contribution in [3.05, 3.63) is 71.4 Å². The van der Waals surface area contributed by atoms with Crippen molar-refractivity contribution in [3.8, 4) is 0 Å². The lowest BCUT2D eigenvalue weighted by atomic mass is 10.0. The van der Waals surface area contributed by atoms with Gasteiger partial charge in [0, 0.05) is 17.6 Å². The molecule has 3 aromatic rings. The van der Waals surface area contributed by atoms with Crippen molar-refractivity contribution in [3.63, 3.8) is 0 Å². The molecule has 7 heteroatoms. The first-order chi connectivity index (χ1) is 15.3. The summed E-state index contributed by atoms with van der Waals surface area (Å²) in [6.45, 7) is 6.38. The van der Waals surface area contributed by atoms with E-state index in [1.54, 1.807) is 12.1 Å². The van der Waals surface area contributed by atoms with Gasteiger partial charge in [-0.2, -0.15) is 18.2 Å². The van der Waals surface area contributed by atoms with Crippen molar-refractivity contribution in [1.29, 1.82) is 0 Å². The summed E-state index contributed by atoms with van der Waals surface area (Å²) in [5, 5.41) is 5.91. The summed E-state index contributed by atoms with van der Waals surface area (Å²) >= 11 is 0. The Hall–Kier alpha value is -3.09. The lowest BCUT2D eigenvalue weighted by Crippen LogP contribution is -2.13. The highest BCUT2D eigenvalue weighted by Crippen LogP contribution is 2.36.